The number of thiophene rings is 1. The second-order valence-electron chi connectivity index (χ2n) is 16.5. The third-order valence-corrected chi connectivity index (χ3v) is 14.1. The van der Waals surface area contributed by atoms with Crippen molar-refractivity contribution in [1.82, 2.24) is 5.32 Å². The van der Waals surface area contributed by atoms with Crippen molar-refractivity contribution in [1.29, 1.82) is 0 Å². The van der Waals surface area contributed by atoms with Crippen LogP contribution in [0.15, 0.2) is 205 Å². The zero-order valence-corrected chi connectivity index (χ0v) is 34.7. The molecule has 61 heavy (non-hydrogen) atoms. The number of hydrogen-bond donors (Lipinski definition) is 1. The topological polar surface area (TPSA) is 27.6 Å². The summed E-state index contributed by atoms with van der Waals surface area (Å²) in [5.74, 6) is 0. The molecule has 2 unspecified atom stereocenters. The van der Waals surface area contributed by atoms with Gasteiger partial charge < -0.3 is 10.2 Å². The molecule has 3 heterocycles. The Kier molecular flexibility index (Phi) is 8.13. The van der Waals surface area contributed by atoms with Gasteiger partial charge in [-0.2, -0.15) is 0 Å². The van der Waals surface area contributed by atoms with Crippen LogP contribution in [0.25, 0.3) is 70.4 Å². The summed E-state index contributed by atoms with van der Waals surface area (Å²) >= 11 is 1.93. The van der Waals surface area contributed by atoms with Crippen LogP contribution >= 0.6 is 11.3 Å². The van der Waals surface area contributed by atoms with Crippen molar-refractivity contribution in [3.05, 3.63) is 227 Å². The lowest BCUT2D eigenvalue weighted by molar-refractivity contribution is 0.447. The molecule has 10 aromatic rings. The molecule has 0 bridgehead atoms. The van der Waals surface area contributed by atoms with Gasteiger partial charge in [0, 0.05) is 50.1 Å². The summed E-state index contributed by atoms with van der Waals surface area (Å²) in [6.45, 7) is 2.17. The molecule has 3 nitrogen and oxygen atoms in total. The van der Waals surface area contributed by atoms with E-state index in [1.807, 2.05) is 11.3 Å². The first-order valence-electron chi connectivity index (χ1n) is 21.0. The van der Waals surface area contributed by atoms with E-state index in [1.54, 1.807) is 0 Å². The first-order chi connectivity index (χ1) is 30.0. The lowest BCUT2D eigenvalue weighted by Gasteiger charge is -2.37. The summed E-state index contributed by atoms with van der Waals surface area (Å²) in [5, 5.41) is 12.9. The molecule has 0 saturated heterocycles. The maximum absolute atomic E-state index is 5.46. The molecule has 9 aromatic carbocycles. The van der Waals surface area contributed by atoms with Crippen molar-refractivity contribution >= 4 is 70.8 Å². The van der Waals surface area contributed by atoms with E-state index in [1.165, 1.54) is 80.8 Å². The third-order valence-electron chi connectivity index (χ3n) is 12.9. The van der Waals surface area contributed by atoms with Crippen LogP contribution in [0.4, 0.5) is 5.69 Å². The van der Waals surface area contributed by atoms with Crippen molar-refractivity contribution in [2.24, 2.45) is 4.99 Å². The molecule has 0 amide bonds. The van der Waals surface area contributed by atoms with Crippen molar-refractivity contribution < 1.29 is 0 Å². The van der Waals surface area contributed by atoms with Crippen LogP contribution < -0.4 is 10.2 Å². The van der Waals surface area contributed by atoms with Crippen LogP contribution in [0.5, 0.6) is 0 Å². The fraction of sp³-hybridized carbons (Fsp3) is 0.0702. The van der Waals surface area contributed by atoms with E-state index >= 15 is 0 Å². The van der Waals surface area contributed by atoms with Crippen molar-refractivity contribution in [3.63, 3.8) is 0 Å². The zero-order valence-electron chi connectivity index (χ0n) is 33.9. The van der Waals surface area contributed by atoms with Gasteiger partial charge in [0.05, 0.1) is 11.8 Å². The van der Waals surface area contributed by atoms with E-state index in [2.05, 4.69) is 224 Å². The number of rotatable bonds is 5. The largest absolute Gasteiger partial charge is 0.362 e. The Balaban J connectivity index is 1.03. The molecule has 2 aliphatic rings. The minimum absolute atomic E-state index is 0.0393. The highest BCUT2D eigenvalue weighted by Gasteiger charge is 2.36. The van der Waals surface area contributed by atoms with Crippen LogP contribution in [0.1, 0.15) is 40.1 Å². The van der Waals surface area contributed by atoms with E-state index in [0.717, 1.165) is 28.1 Å². The maximum atomic E-state index is 5.46. The second kappa shape index (κ2) is 13.9. The molecule has 4 heteroatoms. The van der Waals surface area contributed by atoms with Gasteiger partial charge in [-0.3, -0.25) is 4.99 Å². The van der Waals surface area contributed by atoms with Crippen LogP contribution in [0, 0.1) is 0 Å². The average Bonchev–Trinajstić information content (AvgIpc) is 3.71. The van der Waals surface area contributed by atoms with E-state index in [9.17, 15) is 0 Å². The lowest BCUT2D eigenvalue weighted by Crippen LogP contribution is -2.40. The third kappa shape index (κ3) is 5.67. The Labute approximate surface area is 359 Å². The molecule has 290 valence electrons. The molecule has 12 rings (SSSR count). The molecule has 0 radical (unpaired) electrons. The molecule has 0 saturated carbocycles. The summed E-state index contributed by atoms with van der Waals surface area (Å²) < 4.78 is 1.31. The number of nitrogens with zero attached hydrogens (tertiary/aromatic N) is 2. The fourth-order valence-corrected chi connectivity index (χ4v) is 11.4. The molecule has 2 atom stereocenters. The first kappa shape index (κ1) is 35.7. The standard InChI is InChI=1S/C57H41N3S/c1-57(40-21-7-4-8-22-40)58-49(36-17-5-3-6-18-36)35-50(59-57)38-20-15-19-37(33-38)41-28-16-29-51-53(41)54-47-27-13-14-30-52(47)61-56(54)55(60(51)2)39-31-32-46-44-25-10-9-23-42(44)43-24-11-12-26-45(43)48(46)34-39/h3-35,55,58H,1-2H3. The van der Waals surface area contributed by atoms with Crippen LogP contribution in [-0.4, -0.2) is 12.8 Å². The molecular weight excluding hydrogens is 759 g/mol. The molecule has 0 fully saturated rings. The summed E-state index contributed by atoms with van der Waals surface area (Å²) in [7, 11) is 2.28. The maximum Gasteiger partial charge on any atom is 0.153 e. The smallest absolute Gasteiger partial charge is 0.153 e. The average molecular weight is 800 g/mol. The number of aliphatic imine (C=N–C) groups is 1. The first-order valence-corrected chi connectivity index (χ1v) is 21.9. The SMILES string of the molecule is CN1c2cccc(-c3cccc(C4=NC(C)(c5ccccc5)NC(c5ccccc5)=C4)c3)c2-c2c(sc3ccccc23)C1c1ccc2c3ccccc3c3ccccc3c2c1. The van der Waals surface area contributed by atoms with Gasteiger partial charge in [-0.1, -0.05) is 170 Å². The van der Waals surface area contributed by atoms with Crippen LogP contribution in [-0.2, 0) is 5.66 Å². The zero-order chi connectivity index (χ0) is 40.7. The quantitative estimate of drug-likeness (QED) is 0.176. The number of nitrogens with one attached hydrogen (secondary N) is 1. The predicted molar refractivity (Wildman–Crippen MR) is 260 cm³/mol. The van der Waals surface area contributed by atoms with Gasteiger partial charge in [0.15, 0.2) is 5.66 Å². The van der Waals surface area contributed by atoms with E-state index in [-0.39, 0.29) is 6.04 Å². The van der Waals surface area contributed by atoms with Gasteiger partial charge in [-0.25, -0.2) is 0 Å². The van der Waals surface area contributed by atoms with Gasteiger partial charge in [0.1, 0.15) is 0 Å². The number of fused-ring (bicyclic) bond motifs is 11. The second-order valence-corrected chi connectivity index (χ2v) is 17.6. The Morgan fingerprint density at radius 3 is 1.85 bits per heavy atom. The summed E-state index contributed by atoms with van der Waals surface area (Å²) in [4.78, 5) is 9.35. The van der Waals surface area contributed by atoms with Crippen LogP contribution in [0.2, 0.25) is 0 Å². The molecular formula is C57H41N3S. The lowest BCUT2D eigenvalue weighted by atomic mass is 9.84. The fourth-order valence-electron chi connectivity index (χ4n) is 10.0. The Morgan fingerprint density at radius 1 is 0.525 bits per heavy atom. The Hall–Kier alpha value is -7.27. The molecule has 2 aliphatic heterocycles. The highest BCUT2D eigenvalue weighted by molar-refractivity contribution is 7.20. The van der Waals surface area contributed by atoms with Gasteiger partial charge >= 0.3 is 0 Å². The normalized spacial score (nSPS) is 17.2. The Bertz CT molecular complexity index is 3400. The number of allylic oxidation sites excluding steroid dienone is 1. The van der Waals surface area contributed by atoms with E-state index in [0.29, 0.717) is 0 Å². The molecule has 0 aliphatic carbocycles. The van der Waals surface area contributed by atoms with Gasteiger partial charge in [0.2, 0.25) is 0 Å². The predicted octanol–water partition coefficient (Wildman–Crippen LogP) is 14.5. The van der Waals surface area contributed by atoms with E-state index < -0.39 is 5.66 Å². The minimum atomic E-state index is -0.650. The summed E-state index contributed by atoms with van der Waals surface area (Å²) in [6.07, 6.45) is 2.21. The summed E-state index contributed by atoms with van der Waals surface area (Å²) in [5.41, 5.74) is 12.2. The number of anilines is 1. The minimum Gasteiger partial charge on any atom is -0.362 e. The molecule has 1 N–H and O–H groups in total. The molecule has 0 spiro atoms. The number of benzene rings is 9. The monoisotopic (exact) mass is 799 g/mol. The highest BCUT2D eigenvalue weighted by Crippen LogP contribution is 2.56. The number of hydrogen-bond acceptors (Lipinski definition) is 4. The van der Waals surface area contributed by atoms with Crippen LogP contribution in [0.3, 0.4) is 0 Å². The highest BCUT2D eigenvalue weighted by atomic mass is 32.1. The van der Waals surface area contributed by atoms with Crippen molar-refractivity contribution in [2.45, 2.75) is 18.6 Å². The van der Waals surface area contributed by atoms with E-state index in [4.69, 9.17) is 4.99 Å². The van der Waals surface area contributed by atoms with Gasteiger partial charge in [-0.15, -0.1) is 11.3 Å². The van der Waals surface area contributed by atoms with Gasteiger partial charge in [0.25, 0.3) is 0 Å². The van der Waals surface area contributed by atoms with Crippen molar-refractivity contribution in [2.75, 3.05) is 11.9 Å². The molecule has 1 aromatic heterocycles. The Morgan fingerprint density at radius 2 is 1.11 bits per heavy atom. The van der Waals surface area contributed by atoms with Crippen molar-refractivity contribution in [3.8, 4) is 22.3 Å². The summed E-state index contributed by atoms with van der Waals surface area (Å²) in [6, 6.07) is 70.9. The van der Waals surface area contributed by atoms with Gasteiger partial charge in [-0.05, 0) is 97.4 Å².